The number of anilines is 1. The number of aromatic nitrogens is 2. The van der Waals surface area contributed by atoms with Crippen molar-refractivity contribution in [2.75, 3.05) is 5.72 Å². The van der Waals surface area contributed by atoms with Gasteiger partial charge in [0.05, 0.1) is 17.6 Å². The van der Waals surface area contributed by atoms with Gasteiger partial charge in [0, 0.05) is 0 Å². The van der Waals surface area contributed by atoms with Crippen molar-refractivity contribution in [2.45, 2.75) is 0 Å². The van der Waals surface area contributed by atoms with Gasteiger partial charge in [-0.3, -0.25) is 4.79 Å². The molecule has 0 radical (unpaired) electrons. The van der Waals surface area contributed by atoms with E-state index >= 15 is 0 Å². The van der Waals surface area contributed by atoms with Crippen LogP contribution in [-0.4, -0.2) is 9.78 Å². The molecule has 0 aliphatic carbocycles. The molecule has 0 aliphatic heterocycles. The van der Waals surface area contributed by atoms with Gasteiger partial charge in [-0.15, -0.1) is 0 Å². The van der Waals surface area contributed by atoms with Crippen molar-refractivity contribution in [1.82, 2.24) is 9.78 Å². The maximum absolute atomic E-state index is 11.9. The molecule has 0 fully saturated rings. The van der Waals surface area contributed by atoms with Crippen molar-refractivity contribution in [1.29, 1.82) is 0 Å². The summed E-state index contributed by atoms with van der Waals surface area (Å²) in [6.07, 6.45) is 1.21. The minimum Gasteiger partial charge on any atom is -0.396 e. The van der Waals surface area contributed by atoms with Gasteiger partial charge in [0.25, 0.3) is 5.56 Å². The molecular formula is C10H8ClN3O. The summed E-state index contributed by atoms with van der Waals surface area (Å²) >= 11 is 5.79. The third-order valence-corrected chi connectivity index (χ3v) is 2.26. The average molecular weight is 224 g/mol. The summed E-state index contributed by atoms with van der Waals surface area (Å²) < 4.78 is 15.2. The van der Waals surface area contributed by atoms with Crippen molar-refractivity contribution in [3.05, 3.63) is 51.9 Å². The van der Waals surface area contributed by atoms with Crippen LogP contribution in [0.25, 0.3) is 5.69 Å². The second kappa shape index (κ2) is 3.74. The minimum absolute atomic E-state index is 0.0520. The first-order chi connectivity index (χ1) is 8.11. The zero-order chi connectivity index (χ0) is 12.4. The second-order valence-corrected chi connectivity index (χ2v) is 3.27. The van der Waals surface area contributed by atoms with Crippen LogP contribution in [0.5, 0.6) is 0 Å². The first kappa shape index (κ1) is 7.48. The number of benzene rings is 1. The fourth-order valence-electron chi connectivity index (χ4n) is 1.18. The first-order valence-electron chi connectivity index (χ1n) is 5.12. The van der Waals surface area contributed by atoms with Gasteiger partial charge in [-0.05, 0) is 12.1 Å². The van der Waals surface area contributed by atoms with Crippen LogP contribution in [0.15, 0.2) is 41.3 Å². The van der Waals surface area contributed by atoms with E-state index < -0.39 is 5.56 Å². The lowest BCUT2D eigenvalue weighted by molar-refractivity contribution is 0.809. The van der Waals surface area contributed by atoms with Gasteiger partial charge in [-0.25, -0.2) is 0 Å². The summed E-state index contributed by atoms with van der Waals surface area (Å²) in [4.78, 5) is 11.9. The van der Waals surface area contributed by atoms with E-state index in [1.807, 2.05) is 6.07 Å². The van der Waals surface area contributed by atoms with Gasteiger partial charge in [0.15, 0.2) is 2.82 Å². The van der Waals surface area contributed by atoms with Crippen LogP contribution in [0, 0.1) is 0 Å². The van der Waals surface area contributed by atoms with Crippen LogP contribution >= 0.6 is 11.6 Å². The van der Waals surface area contributed by atoms with Gasteiger partial charge in [-0.2, -0.15) is 9.78 Å². The Morgan fingerprint density at radius 2 is 2.13 bits per heavy atom. The quantitative estimate of drug-likeness (QED) is 0.839. The Balaban J connectivity index is 2.60. The Labute approximate surface area is 93.8 Å². The molecule has 0 spiro atoms. The lowest BCUT2D eigenvalue weighted by atomic mass is 10.3. The van der Waals surface area contributed by atoms with Crippen LogP contribution in [0.2, 0.25) is 7.85 Å². The molecule has 0 amide bonds. The SMILES string of the molecule is [2H]N([2H])c1cnn(-c2ccccc2)c(=O)c1Cl. The zero-order valence-electron chi connectivity index (χ0n) is 9.59. The normalized spacial score (nSPS) is 11.8. The summed E-state index contributed by atoms with van der Waals surface area (Å²) in [5.74, 6) is 0. The highest BCUT2D eigenvalue weighted by Crippen LogP contribution is 2.11. The molecule has 4 nitrogen and oxygen atoms in total. The second-order valence-electron chi connectivity index (χ2n) is 2.90. The summed E-state index contributed by atoms with van der Waals surface area (Å²) in [5.41, 5.74) is 0.225. The fraction of sp³-hybridized carbons (Fsp3) is 0. The number of para-hydroxylation sites is 1. The van der Waals surface area contributed by atoms with Crippen molar-refractivity contribution in [3.63, 3.8) is 0 Å². The Hall–Kier alpha value is -1.81. The lowest BCUT2D eigenvalue weighted by Crippen LogP contribution is -2.22. The number of hydrogen-bond acceptors (Lipinski definition) is 3. The van der Waals surface area contributed by atoms with Crippen molar-refractivity contribution in [2.24, 2.45) is 0 Å². The molecule has 0 unspecified atom stereocenters. The van der Waals surface area contributed by atoms with Gasteiger partial charge >= 0.3 is 0 Å². The molecule has 0 saturated carbocycles. The van der Waals surface area contributed by atoms with E-state index in [0.717, 1.165) is 4.68 Å². The molecule has 0 saturated heterocycles. The van der Waals surface area contributed by atoms with Crippen LogP contribution in [0.3, 0.4) is 0 Å². The van der Waals surface area contributed by atoms with E-state index in [4.69, 9.17) is 14.4 Å². The molecular weight excluding hydrogens is 214 g/mol. The summed E-state index contributed by atoms with van der Waals surface area (Å²) in [5, 5.41) is 3.67. The smallest absolute Gasteiger partial charge is 0.292 e. The zero-order valence-corrected chi connectivity index (χ0v) is 8.35. The molecule has 1 aromatic heterocycles. The van der Waals surface area contributed by atoms with Crippen LogP contribution in [-0.2, 0) is 0 Å². The molecule has 0 bridgehead atoms. The van der Waals surface area contributed by atoms with E-state index in [-0.39, 0.29) is 16.4 Å². The molecule has 2 rings (SSSR count). The summed E-state index contributed by atoms with van der Waals surface area (Å²) in [6, 6.07) is 8.78. The van der Waals surface area contributed by atoms with Gasteiger partial charge < -0.3 is 5.72 Å². The maximum Gasteiger partial charge on any atom is 0.292 e. The van der Waals surface area contributed by atoms with E-state index in [9.17, 15) is 4.79 Å². The lowest BCUT2D eigenvalue weighted by Gasteiger charge is -2.04. The number of nitrogens with two attached hydrogens (primary N) is 1. The van der Waals surface area contributed by atoms with Gasteiger partial charge in [0.1, 0.15) is 5.02 Å². The Morgan fingerprint density at radius 3 is 2.80 bits per heavy atom. The van der Waals surface area contributed by atoms with Crippen molar-refractivity contribution in [3.8, 4) is 5.69 Å². The Kier molecular flexibility index (Phi) is 1.87. The third kappa shape index (κ3) is 1.71. The topological polar surface area (TPSA) is 60.9 Å². The molecule has 1 heterocycles. The van der Waals surface area contributed by atoms with E-state index in [2.05, 4.69) is 5.10 Å². The van der Waals surface area contributed by atoms with Crippen molar-refractivity contribution >= 4 is 17.3 Å². The number of hydrogen-bond donors (Lipinski definition) is 1. The largest absolute Gasteiger partial charge is 0.396 e. The molecule has 2 aromatic rings. The number of rotatable bonds is 2. The van der Waals surface area contributed by atoms with E-state index in [1.54, 1.807) is 24.3 Å². The molecule has 15 heavy (non-hydrogen) atoms. The first-order valence-corrected chi connectivity index (χ1v) is 4.60. The van der Waals surface area contributed by atoms with Gasteiger partial charge in [-0.1, -0.05) is 29.8 Å². The monoisotopic (exact) mass is 223 g/mol. The Morgan fingerprint density at radius 1 is 1.40 bits per heavy atom. The number of halogens is 1. The fourth-order valence-corrected chi connectivity index (χ4v) is 1.31. The predicted octanol–water partition coefficient (Wildman–Crippen LogP) is 1.47. The van der Waals surface area contributed by atoms with Crippen LogP contribution in [0.4, 0.5) is 5.69 Å². The molecule has 2 N–H and O–H groups in total. The number of nitrogen functional groups attached to an aromatic ring is 1. The molecule has 5 heteroatoms. The molecule has 0 aliphatic rings. The highest BCUT2D eigenvalue weighted by atomic mass is 35.5. The average Bonchev–Trinajstić information content (AvgIpc) is 2.33. The van der Waals surface area contributed by atoms with E-state index in [1.165, 1.54) is 6.20 Å². The predicted molar refractivity (Wildman–Crippen MR) is 59.3 cm³/mol. The van der Waals surface area contributed by atoms with E-state index in [0.29, 0.717) is 5.69 Å². The molecule has 0 atom stereocenters. The standard InChI is InChI=1S/C10H8ClN3O/c11-9-8(12)6-13-14(10(9)15)7-4-2-1-3-5-7/h1-6H,12H2/i/hD2. The number of nitrogens with zero attached hydrogens (tertiary/aromatic N) is 2. The molecule has 76 valence electrons. The Bertz CT molecular complexity index is 586. The summed E-state index contributed by atoms with van der Waals surface area (Å²) in [6.45, 7) is 0. The third-order valence-electron chi connectivity index (χ3n) is 1.90. The summed E-state index contributed by atoms with van der Waals surface area (Å²) in [7, 11) is 0. The maximum atomic E-state index is 11.9. The highest BCUT2D eigenvalue weighted by molar-refractivity contribution is 6.32. The minimum atomic E-state index is -0.556. The molecule has 1 aromatic carbocycles. The van der Waals surface area contributed by atoms with Crippen molar-refractivity contribution < 1.29 is 2.82 Å². The van der Waals surface area contributed by atoms with Crippen LogP contribution in [0.1, 0.15) is 0 Å². The highest BCUT2D eigenvalue weighted by Gasteiger charge is 2.07. The van der Waals surface area contributed by atoms with Gasteiger partial charge in [0.2, 0.25) is 0 Å². The van der Waals surface area contributed by atoms with Crippen LogP contribution < -0.4 is 11.3 Å².